The Hall–Kier alpha value is -2.42. The molecule has 3 heterocycles. The second-order valence-electron chi connectivity index (χ2n) is 7.53. The number of benzene rings is 1. The van der Waals surface area contributed by atoms with Gasteiger partial charge >= 0.3 is 0 Å². The van der Waals surface area contributed by atoms with Crippen molar-refractivity contribution in [1.82, 2.24) is 14.5 Å². The molecule has 5 rings (SSSR count). The van der Waals surface area contributed by atoms with E-state index in [2.05, 4.69) is 27.1 Å². The SMILES string of the molecule is C=C1CC(Cl)=C(Nc2cc(C3CC3)[nH]n2)N=C1c1ccc(S(=O)(=O)N2CC2)cc1. The Balaban J connectivity index is 1.40. The van der Waals surface area contributed by atoms with E-state index in [0.29, 0.717) is 47.8 Å². The van der Waals surface area contributed by atoms with E-state index in [0.717, 1.165) is 16.8 Å². The van der Waals surface area contributed by atoms with E-state index < -0.39 is 10.0 Å². The number of anilines is 1. The predicted octanol–water partition coefficient (Wildman–Crippen LogP) is 3.56. The number of allylic oxidation sites excluding steroid dienone is 2. The van der Waals surface area contributed by atoms with Crippen LogP contribution in [0, 0.1) is 0 Å². The van der Waals surface area contributed by atoms with Crippen LogP contribution < -0.4 is 5.32 Å². The largest absolute Gasteiger partial charge is 0.322 e. The zero-order valence-corrected chi connectivity index (χ0v) is 17.2. The van der Waals surface area contributed by atoms with Gasteiger partial charge in [-0.15, -0.1) is 0 Å². The standard InChI is InChI=1S/C20H20ClN5O2S/c1-12-10-16(21)20(22-18-11-17(24-25-18)13-2-3-13)23-19(12)14-4-6-15(7-5-14)29(27,28)26-8-9-26/h4-7,11,13H,1-3,8-10H2,(H2,22,24,25). The van der Waals surface area contributed by atoms with Gasteiger partial charge in [0.15, 0.2) is 5.82 Å². The van der Waals surface area contributed by atoms with Crippen LogP contribution in [0.5, 0.6) is 0 Å². The second-order valence-corrected chi connectivity index (χ2v) is 9.92. The van der Waals surface area contributed by atoms with Gasteiger partial charge in [0.25, 0.3) is 0 Å². The van der Waals surface area contributed by atoms with Crippen molar-refractivity contribution >= 4 is 33.2 Å². The maximum Gasteiger partial charge on any atom is 0.243 e. The molecule has 9 heteroatoms. The van der Waals surface area contributed by atoms with Crippen molar-refractivity contribution in [3.63, 3.8) is 0 Å². The maximum atomic E-state index is 12.3. The van der Waals surface area contributed by atoms with Crippen molar-refractivity contribution in [2.24, 2.45) is 4.99 Å². The van der Waals surface area contributed by atoms with E-state index in [1.807, 2.05) is 6.07 Å². The van der Waals surface area contributed by atoms with Crippen LogP contribution in [0.1, 0.15) is 36.4 Å². The molecule has 1 saturated carbocycles. The molecular weight excluding hydrogens is 410 g/mol. The number of sulfonamides is 1. The van der Waals surface area contributed by atoms with Gasteiger partial charge in [-0.1, -0.05) is 30.3 Å². The first-order valence-electron chi connectivity index (χ1n) is 9.50. The molecule has 7 nitrogen and oxygen atoms in total. The van der Waals surface area contributed by atoms with Crippen LogP contribution in [0.2, 0.25) is 0 Å². The van der Waals surface area contributed by atoms with Crippen molar-refractivity contribution in [3.8, 4) is 0 Å². The number of aliphatic imine (C=N–C) groups is 1. The molecule has 0 radical (unpaired) electrons. The lowest BCUT2D eigenvalue weighted by Crippen LogP contribution is -2.15. The molecule has 2 fully saturated rings. The highest BCUT2D eigenvalue weighted by Gasteiger charge is 2.33. The molecule has 150 valence electrons. The first-order chi connectivity index (χ1) is 13.9. The number of hydrogen-bond acceptors (Lipinski definition) is 5. The Labute approximate surface area is 174 Å². The minimum absolute atomic E-state index is 0.289. The highest BCUT2D eigenvalue weighted by molar-refractivity contribution is 7.89. The van der Waals surface area contributed by atoms with Gasteiger partial charge in [-0.3, -0.25) is 5.10 Å². The molecule has 3 aliphatic rings. The predicted molar refractivity (Wildman–Crippen MR) is 113 cm³/mol. The summed E-state index contributed by atoms with van der Waals surface area (Å²) in [5.74, 6) is 1.79. The molecule has 1 saturated heterocycles. The lowest BCUT2D eigenvalue weighted by Gasteiger charge is -2.18. The molecule has 0 spiro atoms. The zero-order valence-electron chi connectivity index (χ0n) is 15.7. The van der Waals surface area contributed by atoms with Gasteiger partial charge in [0.1, 0.15) is 5.82 Å². The fraction of sp³-hybridized carbons (Fsp3) is 0.300. The number of halogens is 1. The summed E-state index contributed by atoms with van der Waals surface area (Å²) in [5.41, 5.74) is 3.38. The van der Waals surface area contributed by atoms with E-state index >= 15 is 0 Å². The molecule has 29 heavy (non-hydrogen) atoms. The maximum absolute atomic E-state index is 12.3. The lowest BCUT2D eigenvalue weighted by atomic mass is 9.99. The Morgan fingerprint density at radius 3 is 2.59 bits per heavy atom. The van der Waals surface area contributed by atoms with Crippen LogP contribution in [-0.4, -0.2) is 41.7 Å². The molecule has 2 aliphatic heterocycles. The molecular formula is C20H20ClN5O2S. The van der Waals surface area contributed by atoms with Crippen molar-refractivity contribution in [3.05, 3.63) is 64.6 Å². The third-order valence-electron chi connectivity index (χ3n) is 5.22. The summed E-state index contributed by atoms with van der Waals surface area (Å²) in [6.45, 7) is 5.25. The summed E-state index contributed by atoms with van der Waals surface area (Å²) in [5, 5.41) is 11.1. The van der Waals surface area contributed by atoms with E-state index in [4.69, 9.17) is 11.6 Å². The van der Waals surface area contributed by atoms with Gasteiger partial charge in [-0.05, 0) is 30.5 Å². The van der Waals surface area contributed by atoms with Gasteiger partial charge in [0, 0.05) is 42.8 Å². The van der Waals surface area contributed by atoms with Crippen molar-refractivity contribution in [2.45, 2.75) is 30.1 Å². The molecule has 0 unspecified atom stereocenters. The molecule has 2 N–H and O–H groups in total. The average molecular weight is 430 g/mol. The van der Waals surface area contributed by atoms with E-state index in [1.165, 1.54) is 17.1 Å². The molecule has 1 aliphatic carbocycles. The number of rotatable bonds is 6. The number of aromatic nitrogens is 2. The first-order valence-corrected chi connectivity index (χ1v) is 11.3. The van der Waals surface area contributed by atoms with Crippen molar-refractivity contribution in [1.29, 1.82) is 0 Å². The van der Waals surface area contributed by atoms with E-state index in [-0.39, 0.29) is 4.90 Å². The van der Waals surface area contributed by atoms with Gasteiger partial charge in [-0.25, -0.2) is 13.4 Å². The van der Waals surface area contributed by atoms with E-state index in [1.54, 1.807) is 24.3 Å². The van der Waals surface area contributed by atoms with E-state index in [9.17, 15) is 8.42 Å². The topological polar surface area (TPSA) is 90.2 Å². The van der Waals surface area contributed by atoms with Crippen LogP contribution in [-0.2, 0) is 10.0 Å². The summed E-state index contributed by atoms with van der Waals surface area (Å²) in [7, 11) is -3.37. The number of aromatic amines is 1. The number of hydrogen-bond donors (Lipinski definition) is 2. The van der Waals surface area contributed by atoms with Gasteiger partial charge < -0.3 is 5.32 Å². The molecule has 2 aromatic rings. The number of nitrogens with one attached hydrogen (secondary N) is 2. The van der Waals surface area contributed by atoms with Crippen LogP contribution in [0.25, 0.3) is 0 Å². The Morgan fingerprint density at radius 1 is 1.21 bits per heavy atom. The van der Waals surface area contributed by atoms with Crippen molar-refractivity contribution < 1.29 is 8.42 Å². The van der Waals surface area contributed by atoms with Crippen LogP contribution in [0.15, 0.2) is 63.2 Å². The summed E-state index contributed by atoms with van der Waals surface area (Å²) in [6, 6.07) is 8.73. The summed E-state index contributed by atoms with van der Waals surface area (Å²) in [4.78, 5) is 4.95. The molecule has 0 bridgehead atoms. The molecule has 0 atom stereocenters. The average Bonchev–Trinajstić information content (AvgIpc) is 3.62. The highest BCUT2D eigenvalue weighted by atomic mass is 35.5. The van der Waals surface area contributed by atoms with Crippen LogP contribution >= 0.6 is 11.6 Å². The quantitative estimate of drug-likeness (QED) is 0.687. The van der Waals surface area contributed by atoms with Crippen molar-refractivity contribution in [2.75, 3.05) is 18.4 Å². The summed E-state index contributed by atoms with van der Waals surface area (Å²) >= 11 is 6.42. The lowest BCUT2D eigenvalue weighted by molar-refractivity contribution is 0.563. The monoisotopic (exact) mass is 429 g/mol. The fourth-order valence-electron chi connectivity index (χ4n) is 3.31. The number of H-pyrrole nitrogens is 1. The van der Waals surface area contributed by atoms with Gasteiger partial charge in [0.2, 0.25) is 10.0 Å². The van der Waals surface area contributed by atoms with Crippen LogP contribution in [0.4, 0.5) is 5.82 Å². The normalized spacial score (nSPS) is 20.0. The summed E-state index contributed by atoms with van der Waals surface area (Å²) in [6.07, 6.45) is 2.85. The zero-order chi connectivity index (χ0) is 20.2. The van der Waals surface area contributed by atoms with Gasteiger partial charge in [-0.2, -0.15) is 9.40 Å². The summed E-state index contributed by atoms with van der Waals surface area (Å²) < 4.78 is 26.1. The fourth-order valence-corrected chi connectivity index (χ4v) is 4.90. The first kappa shape index (κ1) is 18.6. The molecule has 1 aromatic heterocycles. The van der Waals surface area contributed by atoms with Crippen LogP contribution in [0.3, 0.4) is 0 Å². The smallest absolute Gasteiger partial charge is 0.243 e. The third kappa shape index (κ3) is 3.63. The second kappa shape index (κ2) is 6.83. The number of nitrogens with zero attached hydrogens (tertiary/aromatic N) is 3. The minimum Gasteiger partial charge on any atom is -0.322 e. The Morgan fingerprint density at radius 2 is 1.93 bits per heavy atom. The minimum atomic E-state index is -3.37. The Kier molecular flexibility index (Phi) is 4.38. The Bertz CT molecular complexity index is 1160. The molecule has 1 aromatic carbocycles. The molecule has 0 amide bonds. The third-order valence-corrected chi connectivity index (χ3v) is 7.44. The highest BCUT2D eigenvalue weighted by Crippen LogP contribution is 2.40. The van der Waals surface area contributed by atoms with Gasteiger partial charge in [0.05, 0.1) is 15.6 Å².